The Kier molecular flexibility index (Phi) is 6.66. The summed E-state index contributed by atoms with van der Waals surface area (Å²) in [6, 6.07) is 65.6. The van der Waals surface area contributed by atoms with Crippen LogP contribution in [-0.2, 0) is 5.41 Å². The Hall–Kier alpha value is -6.70. The summed E-state index contributed by atoms with van der Waals surface area (Å²) in [4.78, 5) is 0. The average Bonchev–Trinajstić information content (AvgIpc) is 3.84. The largest absolute Gasteiger partial charge is 0.324 e. The van der Waals surface area contributed by atoms with Crippen LogP contribution in [0.5, 0.6) is 0 Å². The van der Waals surface area contributed by atoms with E-state index in [1.807, 2.05) is 0 Å². The molecule has 0 fully saturated rings. The van der Waals surface area contributed by atoms with Crippen molar-refractivity contribution in [2.75, 3.05) is 0 Å². The lowest BCUT2D eigenvalue weighted by Gasteiger charge is -2.24. The maximum atomic E-state index is 2.54. The Morgan fingerprint density at radius 1 is 0.352 bits per heavy atom. The fourth-order valence-electron chi connectivity index (χ4n) is 9.23. The molecule has 54 heavy (non-hydrogen) atoms. The third-order valence-corrected chi connectivity index (χ3v) is 12.0. The lowest BCUT2D eigenvalue weighted by Crippen LogP contribution is -2.15. The predicted molar refractivity (Wildman–Crippen MR) is 230 cm³/mol. The number of hydrogen-bond acceptors (Lipinski definition) is 0. The number of aromatic nitrogens is 1. The molecular weight excluding hydrogens is 651 g/mol. The Labute approximate surface area is 315 Å². The van der Waals surface area contributed by atoms with Gasteiger partial charge in [-0.1, -0.05) is 135 Å². The van der Waals surface area contributed by atoms with Gasteiger partial charge in [0.1, 0.15) is 0 Å². The molecule has 1 heterocycles. The minimum atomic E-state index is -0.185. The smallest absolute Gasteiger partial charge is 0.0449 e. The van der Waals surface area contributed by atoms with Gasteiger partial charge in [-0.15, -0.1) is 0 Å². The lowest BCUT2D eigenvalue weighted by molar-refractivity contribution is 0.661. The lowest BCUT2D eigenvalue weighted by atomic mass is 9.79. The molecule has 0 unspecified atom stereocenters. The summed E-state index contributed by atoms with van der Waals surface area (Å²) in [5, 5.41) is 10.2. The van der Waals surface area contributed by atoms with E-state index in [9.17, 15) is 0 Å². The highest BCUT2D eigenvalue weighted by Gasteiger charge is 2.37. The van der Waals surface area contributed by atoms with Crippen LogP contribution in [0.4, 0.5) is 0 Å². The molecule has 254 valence electrons. The fourth-order valence-corrected chi connectivity index (χ4v) is 9.23. The van der Waals surface area contributed by atoms with E-state index in [0.29, 0.717) is 0 Å². The summed E-state index contributed by atoms with van der Waals surface area (Å²) in [5.74, 6) is 0. The SMILES string of the molecule is CC1(C)c2cc(-c3ccc(-n4cccc4)cc3)ccc2-c2cc3c(-c4ccc5ccccc5c4)c4ccccc4c(-c4ccc5ccccc5c4)c3cc21. The van der Waals surface area contributed by atoms with Crippen molar-refractivity contribution in [3.05, 3.63) is 199 Å². The molecule has 1 aliphatic rings. The fraction of sp³-hybridized carbons (Fsp3) is 0.0566. The minimum absolute atomic E-state index is 0.185. The van der Waals surface area contributed by atoms with Crippen LogP contribution in [0.2, 0.25) is 0 Å². The van der Waals surface area contributed by atoms with Crippen molar-refractivity contribution in [3.63, 3.8) is 0 Å². The van der Waals surface area contributed by atoms with Gasteiger partial charge in [0.25, 0.3) is 0 Å². The molecule has 1 heteroatoms. The monoisotopic (exact) mass is 687 g/mol. The normalized spacial score (nSPS) is 13.1. The Bertz CT molecular complexity index is 3110. The quantitative estimate of drug-likeness (QED) is 0.162. The second-order valence-electron chi connectivity index (χ2n) is 15.4. The standard InChI is InChI=1S/C53H37N/c1-53(2)49-31-39(36-21-24-42(25-22-36)54-27-9-10-28-54)23-26-43(49)46-32-47-48(33-50(46)53)52(41-20-18-35-12-4-6-14-38(35)30-41)45-16-8-7-15-44(45)51(47)40-19-17-34-11-3-5-13-37(34)29-40/h3-33H,1-2H3. The number of hydrogen-bond donors (Lipinski definition) is 0. The molecule has 11 rings (SSSR count). The Morgan fingerprint density at radius 3 is 1.46 bits per heavy atom. The van der Waals surface area contributed by atoms with Crippen LogP contribution in [-0.4, -0.2) is 4.57 Å². The molecule has 1 nitrogen and oxygen atoms in total. The van der Waals surface area contributed by atoms with Crippen LogP contribution in [0.3, 0.4) is 0 Å². The van der Waals surface area contributed by atoms with Crippen LogP contribution in [0.25, 0.3) is 93.3 Å². The van der Waals surface area contributed by atoms with E-state index in [0.717, 1.165) is 0 Å². The second kappa shape index (κ2) is 11.7. The van der Waals surface area contributed by atoms with Gasteiger partial charge in [-0.2, -0.15) is 0 Å². The van der Waals surface area contributed by atoms with Crippen LogP contribution in [0, 0.1) is 0 Å². The van der Waals surface area contributed by atoms with E-state index in [4.69, 9.17) is 0 Å². The third kappa shape index (κ3) is 4.65. The summed E-state index contributed by atoms with van der Waals surface area (Å²) >= 11 is 0. The molecule has 0 N–H and O–H groups in total. The number of benzene rings is 9. The summed E-state index contributed by atoms with van der Waals surface area (Å²) in [6.07, 6.45) is 4.18. The van der Waals surface area contributed by atoms with Gasteiger partial charge in [-0.3, -0.25) is 0 Å². The van der Waals surface area contributed by atoms with Crippen molar-refractivity contribution in [2.45, 2.75) is 19.3 Å². The number of fused-ring (bicyclic) bond motifs is 7. The zero-order valence-electron chi connectivity index (χ0n) is 30.3. The zero-order chi connectivity index (χ0) is 36.0. The summed E-state index contributed by atoms with van der Waals surface area (Å²) in [7, 11) is 0. The van der Waals surface area contributed by atoms with Crippen molar-refractivity contribution in [2.24, 2.45) is 0 Å². The Morgan fingerprint density at radius 2 is 0.852 bits per heavy atom. The van der Waals surface area contributed by atoms with Crippen molar-refractivity contribution < 1.29 is 0 Å². The molecule has 1 aliphatic carbocycles. The first-order valence-corrected chi connectivity index (χ1v) is 18.9. The number of nitrogens with zero attached hydrogens (tertiary/aromatic N) is 1. The van der Waals surface area contributed by atoms with Crippen LogP contribution in [0.15, 0.2) is 188 Å². The first-order chi connectivity index (χ1) is 26.5. The molecule has 9 aromatic carbocycles. The van der Waals surface area contributed by atoms with E-state index < -0.39 is 0 Å². The van der Waals surface area contributed by atoms with Gasteiger partial charge in [0.15, 0.2) is 0 Å². The average molecular weight is 688 g/mol. The van der Waals surface area contributed by atoms with E-state index in [1.165, 1.54) is 104 Å². The van der Waals surface area contributed by atoms with E-state index in [1.54, 1.807) is 0 Å². The first-order valence-electron chi connectivity index (χ1n) is 18.9. The highest BCUT2D eigenvalue weighted by molar-refractivity contribution is 6.23. The van der Waals surface area contributed by atoms with Gasteiger partial charge in [-0.25, -0.2) is 0 Å². The molecule has 0 radical (unpaired) electrons. The van der Waals surface area contributed by atoms with Crippen molar-refractivity contribution in [1.29, 1.82) is 0 Å². The third-order valence-electron chi connectivity index (χ3n) is 12.0. The van der Waals surface area contributed by atoms with Gasteiger partial charge in [0.2, 0.25) is 0 Å². The molecule has 0 saturated heterocycles. The highest BCUT2D eigenvalue weighted by Crippen LogP contribution is 2.54. The van der Waals surface area contributed by atoms with Gasteiger partial charge < -0.3 is 4.57 Å². The molecule has 1 aromatic heterocycles. The molecule has 10 aromatic rings. The summed E-state index contributed by atoms with van der Waals surface area (Å²) in [6.45, 7) is 4.81. The predicted octanol–water partition coefficient (Wildman–Crippen LogP) is 14.4. The van der Waals surface area contributed by atoms with Gasteiger partial charge in [-0.05, 0) is 153 Å². The topological polar surface area (TPSA) is 4.93 Å². The van der Waals surface area contributed by atoms with Gasteiger partial charge in [0.05, 0.1) is 0 Å². The van der Waals surface area contributed by atoms with Crippen molar-refractivity contribution in [1.82, 2.24) is 4.57 Å². The minimum Gasteiger partial charge on any atom is -0.324 e. The first kappa shape index (κ1) is 30.9. The van der Waals surface area contributed by atoms with E-state index >= 15 is 0 Å². The molecule has 0 saturated carbocycles. The maximum Gasteiger partial charge on any atom is 0.0449 e. The molecule has 0 spiro atoms. The molecule has 0 bridgehead atoms. The molecule has 0 atom stereocenters. The molecule has 0 amide bonds. The van der Waals surface area contributed by atoms with Crippen molar-refractivity contribution in [3.8, 4) is 50.2 Å². The second-order valence-corrected chi connectivity index (χ2v) is 15.4. The Balaban J connectivity index is 1.18. The van der Waals surface area contributed by atoms with Crippen LogP contribution >= 0.6 is 0 Å². The summed E-state index contributed by atoms with van der Waals surface area (Å²) < 4.78 is 2.15. The van der Waals surface area contributed by atoms with Crippen LogP contribution < -0.4 is 0 Å². The van der Waals surface area contributed by atoms with Gasteiger partial charge in [0, 0.05) is 23.5 Å². The highest BCUT2D eigenvalue weighted by atomic mass is 14.9. The van der Waals surface area contributed by atoms with Crippen molar-refractivity contribution >= 4 is 43.1 Å². The molecule has 0 aliphatic heterocycles. The summed E-state index contributed by atoms with van der Waals surface area (Å²) in [5.41, 5.74) is 14.0. The van der Waals surface area contributed by atoms with Crippen LogP contribution in [0.1, 0.15) is 25.0 Å². The van der Waals surface area contributed by atoms with E-state index in [2.05, 4.69) is 207 Å². The number of rotatable bonds is 4. The van der Waals surface area contributed by atoms with Gasteiger partial charge >= 0.3 is 0 Å². The zero-order valence-corrected chi connectivity index (χ0v) is 30.3. The maximum absolute atomic E-state index is 2.54. The molecular formula is C53H37N. The van der Waals surface area contributed by atoms with E-state index in [-0.39, 0.29) is 5.41 Å².